The number of ketones is 2. The van der Waals surface area contributed by atoms with Gasteiger partial charge in [0.15, 0.2) is 5.78 Å². The van der Waals surface area contributed by atoms with E-state index in [1.54, 1.807) is 0 Å². The van der Waals surface area contributed by atoms with Crippen LogP contribution in [0.3, 0.4) is 0 Å². The molecule has 28 heavy (non-hydrogen) atoms. The Bertz CT molecular complexity index is 730. The van der Waals surface area contributed by atoms with Crippen LogP contribution in [0, 0.1) is 34.5 Å². The number of esters is 1. The number of Topliss-reactive ketones (excluding diaryl/α,β-unsaturated/α-hetero) is 2. The van der Waals surface area contributed by atoms with Crippen molar-refractivity contribution in [1.82, 2.24) is 0 Å². The molecule has 0 spiro atoms. The Morgan fingerprint density at radius 2 is 1.96 bits per heavy atom. The van der Waals surface area contributed by atoms with Crippen LogP contribution in [0.1, 0.15) is 65.2 Å². The molecule has 0 aromatic rings. The van der Waals surface area contributed by atoms with Gasteiger partial charge in [-0.3, -0.25) is 14.4 Å². The Hall–Kier alpha value is -1.49. The number of hydrogen-bond donors (Lipinski definition) is 1. The molecule has 4 aliphatic carbocycles. The molecule has 2 N–H and O–H groups in total. The molecule has 0 bridgehead atoms. The van der Waals surface area contributed by atoms with Crippen LogP contribution >= 0.6 is 0 Å². The summed E-state index contributed by atoms with van der Waals surface area (Å²) in [6, 6.07) is 0. The predicted molar refractivity (Wildman–Crippen MR) is 105 cm³/mol. The SMILES string of the molecule is C=C1C(=O)[C@@H]2[C@@H](CC[C@]3(C)CCC[C@@H]23)[C@@]2(C)C(=O)CC(OC(=O)CCN)CC12. The minimum absolute atomic E-state index is 0.0599. The molecule has 0 saturated heterocycles. The van der Waals surface area contributed by atoms with E-state index in [9.17, 15) is 14.4 Å². The number of allylic oxidation sites excluding steroid dienone is 1. The average molecular weight is 388 g/mol. The van der Waals surface area contributed by atoms with Crippen LogP contribution in [-0.4, -0.2) is 30.2 Å². The van der Waals surface area contributed by atoms with Gasteiger partial charge in [0.2, 0.25) is 0 Å². The van der Waals surface area contributed by atoms with Gasteiger partial charge in [-0.15, -0.1) is 0 Å². The van der Waals surface area contributed by atoms with Crippen LogP contribution in [-0.2, 0) is 19.1 Å². The molecular weight excluding hydrogens is 354 g/mol. The molecule has 4 aliphatic rings. The van der Waals surface area contributed by atoms with Gasteiger partial charge >= 0.3 is 5.97 Å². The van der Waals surface area contributed by atoms with Crippen molar-refractivity contribution in [3.63, 3.8) is 0 Å². The van der Waals surface area contributed by atoms with Gasteiger partial charge in [0.1, 0.15) is 11.9 Å². The van der Waals surface area contributed by atoms with E-state index < -0.39 is 11.5 Å². The van der Waals surface area contributed by atoms with Crippen molar-refractivity contribution < 1.29 is 19.1 Å². The third kappa shape index (κ3) is 2.72. The maximum absolute atomic E-state index is 13.4. The molecule has 0 aromatic heterocycles. The minimum Gasteiger partial charge on any atom is -0.462 e. The summed E-state index contributed by atoms with van der Waals surface area (Å²) in [6.45, 7) is 8.80. The fourth-order valence-electron chi connectivity index (χ4n) is 7.19. The molecule has 2 unspecified atom stereocenters. The van der Waals surface area contributed by atoms with E-state index in [1.165, 1.54) is 12.8 Å². The molecule has 0 aromatic carbocycles. The lowest BCUT2D eigenvalue weighted by Crippen LogP contribution is -2.61. The highest BCUT2D eigenvalue weighted by atomic mass is 16.5. The quantitative estimate of drug-likeness (QED) is 0.594. The molecule has 0 radical (unpaired) electrons. The zero-order valence-corrected chi connectivity index (χ0v) is 17.2. The summed E-state index contributed by atoms with van der Waals surface area (Å²) in [5.74, 6) is 0.140. The topological polar surface area (TPSA) is 86.5 Å². The molecule has 4 rings (SSSR count). The standard InChI is InChI=1S/C23H33NO4/c1-13-17-11-14(28-19(26)7-10-24)12-18(25)23(17,3)16-6-9-22(2)8-4-5-15(22)20(16)21(13)27/h14-17,20H,1,4-12,24H2,2-3H3/t14?,15-,16+,17?,20-,22-,23+/m0/s1. The molecular formula is C23H33NO4. The summed E-state index contributed by atoms with van der Waals surface area (Å²) < 4.78 is 5.51. The van der Waals surface area contributed by atoms with Gasteiger partial charge in [-0.1, -0.05) is 26.8 Å². The van der Waals surface area contributed by atoms with Crippen LogP contribution in [0.4, 0.5) is 0 Å². The Morgan fingerprint density at radius 3 is 2.68 bits per heavy atom. The number of fused-ring (bicyclic) bond motifs is 5. The fourth-order valence-corrected chi connectivity index (χ4v) is 7.19. The second kappa shape index (κ2) is 6.79. The van der Waals surface area contributed by atoms with Gasteiger partial charge in [0.05, 0.1) is 6.42 Å². The Labute approximate surface area is 167 Å². The van der Waals surface area contributed by atoms with E-state index in [4.69, 9.17) is 10.5 Å². The molecule has 0 amide bonds. The minimum atomic E-state index is -0.559. The molecule has 5 heteroatoms. The Kier molecular flexibility index (Phi) is 4.80. The maximum Gasteiger partial charge on any atom is 0.307 e. The highest BCUT2D eigenvalue weighted by Gasteiger charge is 2.64. The summed E-state index contributed by atoms with van der Waals surface area (Å²) in [5, 5.41) is 0. The van der Waals surface area contributed by atoms with Gasteiger partial charge in [0.25, 0.3) is 0 Å². The summed E-state index contributed by atoms with van der Waals surface area (Å²) in [4.78, 5) is 38.7. The van der Waals surface area contributed by atoms with Crippen LogP contribution in [0.15, 0.2) is 12.2 Å². The molecule has 154 valence electrons. The lowest BCUT2D eigenvalue weighted by Gasteiger charge is -2.59. The van der Waals surface area contributed by atoms with Gasteiger partial charge in [-0.05, 0) is 54.9 Å². The lowest BCUT2D eigenvalue weighted by molar-refractivity contribution is -0.167. The Balaban J connectivity index is 1.64. The normalized spacial score (nSPS) is 45.2. The first-order chi connectivity index (χ1) is 13.2. The van der Waals surface area contributed by atoms with Gasteiger partial charge in [-0.2, -0.15) is 0 Å². The molecule has 0 heterocycles. The summed E-state index contributed by atoms with van der Waals surface area (Å²) in [6.07, 6.45) is 5.94. The van der Waals surface area contributed by atoms with E-state index in [-0.39, 0.29) is 60.1 Å². The summed E-state index contributed by atoms with van der Waals surface area (Å²) >= 11 is 0. The smallest absolute Gasteiger partial charge is 0.307 e. The average Bonchev–Trinajstić information content (AvgIpc) is 3.03. The fraction of sp³-hybridized carbons (Fsp3) is 0.783. The van der Waals surface area contributed by atoms with E-state index in [2.05, 4.69) is 20.4 Å². The first-order valence-electron chi connectivity index (χ1n) is 10.9. The zero-order valence-electron chi connectivity index (χ0n) is 17.2. The molecule has 4 fully saturated rings. The first-order valence-corrected chi connectivity index (χ1v) is 10.9. The largest absolute Gasteiger partial charge is 0.462 e. The number of hydrogen-bond acceptors (Lipinski definition) is 5. The zero-order chi connectivity index (χ0) is 20.3. The predicted octanol–water partition coefficient (Wildman–Crippen LogP) is 3.20. The van der Waals surface area contributed by atoms with Gasteiger partial charge < -0.3 is 10.5 Å². The van der Waals surface area contributed by atoms with E-state index in [0.29, 0.717) is 17.9 Å². The number of ether oxygens (including phenoxy) is 1. The van der Waals surface area contributed by atoms with Crippen molar-refractivity contribution in [2.75, 3.05) is 6.54 Å². The highest BCUT2D eigenvalue weighted by molar-refractivity contribution is 6.02. The van der Waals surface area contributed by atoms with Crippen LogP contribution in [0.25, 0.3) is 0 Å². The third-order valence-corrected chi connectivity index (χ3v) is 8.74. The van der Waals surface area contributed by atoms with Crippen molar-refractivity contribution in [2.45, 2.75) is 71.3 Å². The Morgan fingerprint density at radius 1 is 1.21 bits per heavy atom. The van der Waals surface area contributed by atoms with E-state index >= 15 is 0 Å². The number of rotatable bonds is 3. The second-order valence-electron chi connectivity index (χ2n) is 10.1. The molecule has 4 saturated carbocycles. The van der Waals surface area contributed by atoms with E-state index in [0.717, 1.165) is 19.3 Å². The maximum atomic E-state index is 13.4. The summed E-state index contributed by atoms with van der Waals surface area (Å²) in [5.41, 5.74) is 5.69. The number of carbonyl (C=O) groups excluding carboxylic acids is 3. The third-order valence-electron chi connectivity index (χ3n) is 8.74. The number of nitrogens with two attached hydrogens (primary N) is 1. The van der Waals surface area contributed by atoms with E-state index in [1.807, 2.05) is 0 Å². The monoisotopic (exact) mass is 387 g/mol. The van der Waals surface area contributed by atoms with Gasteiger partial charge in [-0.25, -0.2) is 0 Å². The lowest BCUT2D eigenvalue weighted by atomic mass is 9.43. The molecule has 0 aliphatic heterocycles. The first kappa shape index (κ1) is 19.8. The van der Waals surface area contributed by atoms with Crippen LogP contribution in [0.2, 0.25) is 0 Å². The van der Waals surface area contributed by atoms with Crippen LogP contribution in [0.5, 0.6) is 0 Å². The van der Waals surface area contributed by atoms with Crippen molar-refractivity contribution >= 4 is 17.5 Å². The number of carbonyl (C=O) groups is 3. The van der Waals surface area contributed by atoms with Crippen molar-refractivity contribution in [2.24, 2.45) is 40.2 Å². The van der Waals surface area contributed by atoms with Crippen LogP contribution < -0.4 is 5.73 Å². The van der Waals surface area contributed by atoms with Crippen molar-refractivity contribution in [3.05, 3.63) is 12.2 Å². The molecule has 5 nitrogen and oxygen atoms in total. The van der Waals surface area contributed by atoms with Gasteiger partial charge in [0, 0.05) is 30.2 Å². The second-order valence-corrected chi connectivity index (χ2v) is 10.1. The van der Waals surface area contributed by atoms with Crippen molar-refractivity contribution in [3.8, 4) is 0 Å². The summed E-state index contributed by atoms with van der Waals surface area (Å²) in [7, 11) is 0. The molecule has 7 atom stereocenters. The highest BCUT2D eigenvalue weighted by Crippen LogP contribution is 2.65. The van der Waals surface area contributed by atoms with Crippen molar-refractivity contribution in [1.29, 1.82) is 0 Å².